The average Bonchev–Trinajstić information content (AvgIpc) is 2.28. The van der Waals surface area contributed by atoms with Crippen molar-refractivity contribution in [1.29, 1.82) is 0 Å². The first kappa shape index (κ1) is 14.0. The van der Waals surface area contributed by atoms with Crippen molar-refractivity contribution in [2.75, 3.05) is 6.54 Å². The Morgan fingerprint density at radius 3 is 2.59 bits per heavy atom. The number of hydrogen-bond acceptors (Lipinski definition) is 2. The maximum absolute atomic E-state index is 11.9. The van der Waals surface area contributed by atoms with Crippen LogP contribution in [0.4, 0.5) is 0 Å². The highest BCUT2D eigenvalue weighted by Crippen LogP contribution is 2.29. The van der Waals surface area contributed by atoms with Gasteiger partial charge in [0.2, 0.25) is 5.91 Å². The van der Waals surface area contributed by atoms with E-state index in [4.69, 9.17) is 5.11 Å². The summed E-state index contributed by atoms with van der Waals surface area (Å²) in [5.74, 6) is 0.0516. The molecule has 0 aromatic rings. The van der Waals surface area contributed by atoms with E-state index >= 15 is 0 Å². The third-order valence-corrected chi connectivity index (χ3v) is 3.56. The summed E-state index contributed by atoms with van der Waals surface area (Å²) in [4.78, 5) is 22.2. The van der Waals surface area contributed by atoms with Crippen LogP contribution >= 0.6 is 0 Å². The molecule has 4 nitrogen and oxygen atoms in total. The van der Waals surface area contributed by atoms with Gasteiger partial charge >= 0.3 is 5.97 Å². The molecule has 1 aliphatic rings. The van der Waals surface area contributed by atoms with Crippen molar-refractivity contribution >= 4 is 11.9 Å². The Labute approximate surface area is 103 Å². The normalized spacial score (nSPS) is 24.3. The van der Waals surface area contributed by atoms with Crippen LogP contribution in [0.2, 0.25) is 0 Å². The molecule has 2 atom stereocenters. The lowest BCUT2D eigenvalue weighted by Gasteiger charge is -2.27. The van der Waals surface area contributed by atoms with Gasteiger partial charge in [-0.15, -0.1) is 0 Å². The molecular weight excluding hydrogens is 218 g/mol. The van der Waals surface area contributed by atoms with Crippen molar-refractivity contribution in [2.24, 2.45) is 11.8 Å². The van der Waals surface area contributed by atoms with Gasteiger partial charge in [0.25, 0.3) is 0 Å². The van der Waals surface area contributed by atoms with Gasteiger partial charge in [-0.25, -0.2) is 0 Å². The lowest BCUT2D eigenvalue weighted by atomic mass is 9.80. The van der Waals surface area contributed by atoms with Crippen molar-refractivity contribution in [3.05, 3.63) is 0 Å². The average molecular weight is 241 g/mol. The molecule has 1 rings (SSSR count). The molecule has 0 saturated heterocycles. The smallest absolute Gasteiger partial charge is 0.303 e. The van der Waals surface area contributed by atoms with Crippen LogP contribution in [-0.2, 0) is 9.59 Å². The fourth-order valence-electron chi connectivity index (χ4n) is 2.45. The maximum Gasteiger partial charge on any atom is 0.303 e. The third-order valence-electron chi connectivity index (χ3n) is 3.56. The molecule has 0 aromatic heterocycles. The highest BCUT2D eigenvalue weighted by atomic mass is 16.4. The second-order valence-corrected chi connectivity index (χ2v) is 5.01. The van der Waals surface area contributed by atoms with E-state index in [1.54, 1.807) is 0 Å². The molecule has 2 unspecified atom stereocenters. The number of amides is 1. The summed E-state index contributed by atoms with van der Waals surface area (Å²) in [6, 6.07) is 0. The van der Waals surface area contributed by atoms with Gasteiger partial charge in [-0.3, -0.25) is 9.59 Å². The summed E-state index contributed by atoms with van der Waals surface area (Å²) in [6.45, 7) is 2.75. The molecule has 0 bridgehead atoms. The Hall–Kier alpha value is -1.06. The lowest BCUT2D eigenvalue weighted by Crippen LogP contribution is -2.36. The van der Waals surface area contributed by atoms with E-state index in [0.29, 0.717) is 18.9 Å². The van der Waals surface area contributed by atoms with E-state index in [1.807, 2.05) is 0 Å². The van der Waals surface area contributed by atoms with Crippen molar-refractivity contribution in [3.63, 3.8) is 0 Å². The Bertz CT molecular complexity index is 265. The van der Waals surface area contributed by atoms with Crippen LogP contribution in [-0.4, -0.2) is 23.5 Å². The first-order valence-corrected chi connectivity index (χ1v) is 6.60. The predicted octanol–water partition coefficient (Wildman–Crippen LogP) is 2.18. The van der Waals surface area contributed by atoms with Crippen molar-refractivity contribution < 1.29 is 14.7 Å². The minimum atomic E-state index is -0.766. The van der Waals surface area contributed by atoms with Crippen LogP contribution in [0.1, 0.15) is 51.9 Å². The topological polar surface area (TPSA) is 66.4 Å². The number of carboxylic acids is 1. The van der Waals surface area contributed by atoms with Gasteiger partial charge in [0.15, 0.2) is 0 Å². The van der Waals surface area contributed by atoms with Gasteiger partial charge in [-0.2, -0.15) is 0 Å². The van der Waals surface area contributed by atoms with Crippen LogP contribution in [0.25, 0.3) is 0 Å². The third kappa shape index (κ3) is 5.20. The fraction of sp³-hybridized carbons (Fsp3) is 0.846. The Balaban J connectivity index is 2.13. The van der Waals surface area contributed by atoms with E-state index in [0.717, 1.165) is 25.7 Å². The summed E-state index contributed by atoms with van der Waals surface area (Å²) in [7, 11) is 0. The highest BCUT2D eigenvalue weighted by Gasteiger charge is 2.27. The molecule has 17 heavy (non-hydrogen) atoms. The number of carboxylic acid groups (broad SMARTS) is 1. The molecule has 4 heteroatoms. The zero-order valence-electron chi connectivity index (χ0n) is 10.6. The predicted molar refractivity (Wildman–Crippen MR) is 65.6 cm³/mol. The molecule has 0 spiro atoms. The number of aliphatic carboxylic acids is 1. The summed E-state index contributed by atoms with van der Waals surface area (Å²) in [5, 5.41) is 11.4. The van der Waals surface area contributed by atoms with Crippen LogP contribution in [0.15, 0.2) is 0 Å². The maximum atomic E-state index is 11.9. The fourth-order valence-corrected chi connectivity index (χ4v) is 2.45. The Kier molecular flexibility index (Phi) is 6.01. The molecule has 0 radical (unpaired) electrons. The van der Waals surface area contributed by atoms with E-state index < -0.39 is 5.97 Å². The van der Waals surface area contributed by atoms with Crippen molar-refractivity contribution in [1.82, 2.24) is 5.32 Å². The number of carbonyl (C=O) groups excluding carboxylic acids is 1. The van der Waals surface area contributed by atoms with Gasteiger partial charge in [0.05, 0.1) is 0 Å². The second-order valence-electron chi connectivity index (χ2n) is 5.01. The molecule has 0 aromatic carbocycles. The van der Waals surface area contributed by atoms with Crippen LogP contribution in [0.3, 0.4) is 0 Å². The van der Waals surface area contributed by atoms with E-state index in [9.17, 15) is 9.59 Å². The Morgan fingerprint density at radius 2 is 1.94 bits per heavy atom. The second kappa shape index (κ2) is 7.30. The van der Waals surface area contributed by atoms with E-state index in [1.165, 1.54) is 6.42 Å². The van der Waals surface area contributed by atoms with Crippen LogP contribution in [0, 0.1) is 11.8 Å². The van der Waals surface area contributed by atoms with Crippen LogP contribution < -0.4 is 5.32 Å². The van der Waals surface area contributed by atoms with E-state index in [-0.39, 0.29) is 18.2 Å². The Morgan fingerprint density at radius 1 is 1.24 bits per heavy atom. The number of carbonyl (C=O) groups is 2. The first-order chi connectivity index (χ1) is 8.11. The standard InChI is InChI=1S/C13H23NO3/c1-10-6-2-3-7-11(10)13(17)14-9-5-4-8-12(15)16/h10-11H,2-9H2,1H3,(H,14,17)(H,15,16). The van der Waals surface area contributed by atoms with Gasteiger partial charge < -0.3 is 10.4 Å². The summed E-state index contributed by atoms with van der Waals surface area (Å²) >= 11 is 0. The molecule has 1 saturated carbocycles. The van der Waals surface area contributed by atoms with Gasteiger partial charge in [-0.05, 0) is 31.6 Å². The monoisotopic (exact) mass is 241 g/mol. The summed E-state index contributed by atoms with van der Waals surface area (Å²) < 4.78 is 0. The molecule has 1 fully saturated rings. The minimum Gasteiger partial charge on any atom is -0.481 e. The largest absolute Gasteiger partial charge is 0.481 e. The highest BCUT2D eigenvalue weighted by molar-refractivity contribution is 5.78. The molecular formula is C13H23NO3. The summed E-state index contributed by atoms with van der Waals surface area (Å²) in [5.41, 5.74) is 0. The SMILES string of the molecule is CC1CCCCC1C(=O)NCCCCC(=O)O. The zero-order valence-corrected chi connectivity index (χ0v) is 10.6. The van der Waals surface area contributed by atoms with Gasteiger partial charge in [0, 0.05) is 18.9 Å². The molecule has 98 valence electrons. The number of hydrogen-bond donors (Lipinski definition) is 2. The zero-order chi connectivity index (χ0) is 12.7. The quantitative estimate of drug-likeness (QED) is 0.700. The first-order valence-electron chi connectivity index (χ1n) is 6.60. The minimum absolute atomic E-state index is 0.160. The van der Waals surface area contributed by atoms with Crippen molar-refractivity contribution in [3.8, 4) is 0 Å². The molecule has 1 aliphatic carbocycles. The number of rotatable bonds is 6. The molecule has 2 N–H and O–H groups in total. The van der Waals surface area contributed by atoms with E-state index in [2.05, 4.69) is 12.2 Å². The van der Waals surface area contributed by atoms with Gasteiger partial charge in [0.1, 0.15) is 0 Å². The lowest BCUT2D eigenvalue weighted by molar-refractivity contribution is -0.137. The van der Waals surface area contributed by atoms with Crippen molar-refractivity contribution in [2.45, 2.75) is 51.9 Å². The summed E-state index contributed by atoms with van der Waals surface area (Å²) in [6.07, 6.45) is 6.12. The molecule has 0 heterocycles. The van der Waals surface area contributed by atoms with Crippen LogP contribution in [0.5, 0.6) is 0 Å². The number of nitrogens with one attached hydrogen (secondary N) is 1. The molecule has 0 aliphatic heterocycles. The van der Waals surface area contributed by atoms with Gasteiger partial charge in [-0.1, -0.05) is 19.8 Å². The number of unbranched alkanes of at least 4 members (excludes halogenated alkanes) is 1. The molecule has 1 amide bonds.